The second-order valence-corrected chi connectivity index (χ2v) is 3.75. The van der Waals surface area contributed by atoms with Crippen molar-refractivity contribution in [1.82, 2.24) is 0 Å². The summed E-state index contributed by atoms with van der Waals surface area (Å²) in [6.45, 7) is 4.68. The third kappa shape index (κ3) is 9.70. The number of nitrogens with one attached hydrogen (secondary N) is 1. The fourth-order valence-corrected chi connectivity index (χ4v) is 1.24. The molecule has 0 atom stereocenters. The molecule has 0 saturated carbocycles. The van der Waals surface area contributed by atoms with Gasteiger partial charge >= 0.3 is 7.25 Å². The highest BCUT2D eigenvalue weighted by molar-refractivity contribution is 6.50. The van der Waals surface area contributed by atoms with E-state index in [0.29, 0.717) is 24.5 Å². The van der Waals surface area contributed by atoms with Crippen molar-refractivity contribution in [2.45, 2.75) is 20.3 Å². The molecule has 0 aromatic heterocycles. The topological polar surface area (TPSA) is 42.3 Å². The average molecular weight is 312 g/mol. The van der Waals surface area contributed by atoms with Crippen LogP contribution >= 0.6 is 0 Å². The van der Waals surface area contributed by atoms with Gasteiger partial charge in [0.25, 0.3) is 0 Å². The Morgan fingerprint density at radius 2 is 1.76 bits per heavy atom. The molecule has 1 aromatic carbocycles. The molecule has 0 aliphatic heterocycles. The molecule has 0 aliphatic rings. The van der Waals surface area contributed by atoms with Crippen LogP contribution in [0.25, 0.3) is 0 Å². The Kier molecular flexibility index (Phi) is 8.41. The monoisotopic (exact) mass is 312 g/mol. The van der Waals surface area contributed by atoms with E-state index in [0.717, 1.165) is 6.42 Å². The molecule has 9 heteroatoms. The Balaban J connectivity index is 0.000000690. The van der Waals surface area contributed by atoms with Crippen molar-refractivity contribution in [2.75, 3.05) is 13.2 Å². The summed E-state index contributed by atoms with van der Waals surface area (Å²) >= 11 is 0. The van der Waals surface area contributed by atoms with Gasteiger partial charge in [-0.05, 0) is 31.5 Å². The van der Waals surface area contributed by atoms with Crippen molar-refractivity contribution in [3.05, 3.63) is 29.6 Å². The van der Waals surface area contributed by atoms with Crippen LogP contribution in [0.3, 0.4) is 0 Å². The predicted molar refractivity (Wildman–Crippen MR) is 70.8 cm³/mol. The summed E-state index contributed by atoms with van der Waals surface area (Å²) < 4.78 is 62.5. The van der Waals surface area contributed by atoms with E-state index in [9.17, 15) is 21.7 Å². The number of hydrogen-bond donors (Lipinski definition) is 1. The van der Waals surface area contributed by atoms with E-state index in [-0.39, 0.29) is 5.90 Å². The van der Waals surface area contributed by atoms with Crippen LogP contribution in [-0.2, 0) is 4.74 Å². The zero-order chi connectivity index (χ0) is 16.5. The lowest BCUT2D eigenvalue weighted by Gasteiger charge is -2.11. The van der Waals surface area contributed by atoms with Crippen LogP contribution in [0.5, 0.6) is 5.75 Å². The number of benzene rings is 1. The van der Waals surface area contributed by atoms with Crippen molar-refractivity contribution in [1.29, 1.82) is 5.41 Å². The second kappa shape index (κ2) is 9.20. The van der Waals surface area contributed by atoms with Crippen molar-refractivity contribution in [3.8, 4) is 5.75 Å². The molecular weight excluding hydrogens is 296 g/mol. The Bertz CT molecular complexity index is 448. The minimum atomic E-state index is -6.00. The molecule has 0 saturated heterocycles. The maximum Gasteiger partial charge on any atom is 0.673 e. The molecule has 0 heterocycles. The highest BCUT2D eigenvalue weighted by atomic mass is 19.5. The van der Waals surface area contributed by atoms with Gasteiger partial charge in [-0.15, -0.1) is 0 Å². The summed E-state index contributed by atoms with van der Waals surface area (Å²) in [7, 11) is -6.00. The molecule has 0 fully saturated rings. The molecule has 3 nitrogen and oxygen atoms in total. The molecule has 1 N–H and O–H groups in total. The van der Waals surface area contributed by atoms with E-state index in [1.165, 1.54) is 18.2 Å². The molecule has 1 rings (SSSR count). The van der Waals surface area contributed by atoms with Gasteiger partial charge in [0.1, 0.15) is 11.6 Å². The molecule has 21 heavy (non-hydrogen) atoms. The Morgan fingerprint density at radius 3 is 2.24 bits per heavy atom. The van der Waals surface area contributed by atoms with Crippen molar-refractivity contribution in [2.24, 2.45) is 0 Å². The van der Waals surface area contributed by atoms with E-state index in [1.54, 1.807) is 6.92 Å². The minimum absolute atomic E-state index is 0.0619. The molecule has 0 amide bonds. The molecule has 120 valence electrons. The predicted octanol–water partition coefficient (Wildman–Crippen LogP) is 4.28. The first-order chi connectivity index (χ1) is 9.69. The normalized spacial score (nSPS) is 10.4. The van der Waals surface area contributed by atoms with E-state index in [2.05, 4.69) is 0 Å². The van der Waals surface area contributed by atoms with Crippen LogP contribution in [0, 0.1) is 11.2 Å². The minimum Gasteiger partial charge on any atom is -0.493 e. The smallest absolute Gasteiger partial charge is 0.493 e. The maximum absolute atomic E-state index is 13.1. The van der Waals surface area contributed by atoms with Crippen molar-refractivity contribution < 1.29 is 31.1 Å². The third-order valence-electron chi connectivity index (χ3n) is 1.94. The zero-order valence-electron chi connectivity index (χ0n) is 11.6. The third-order valence-corrected chi connectivity index (χ3v) is 1.94. The molecule has 1 aromatic rings. The lowest BCUT2D eigenvalue weighted by molar-refractivity contribution is 0.305. The fraction of sp³-hybridized carbons (Fsp3) is 0.417. The van der Waals surface area contributed by atoms with Gasteiger partial charge in [0.15, 0.2) is 0 Å². The molecule has 0 aliphatic carbocycles. The SMILES string of the molecule is CCCOc1ccc(F)cc1C(=N)OCC.F[B-](F)(F)F. The van der Waals surface area contributed by atoms with Gasteiger partial charge in [-0.25, -0.2) is 4.39 Å². The second-order valence-electron chi connectivity index (χ2n) is 3.75. The van der Waals surface area contributed by atoms with Gasteiger partial charge in [-0.2, -0.15) is 0 Å². The Morgan fingerprint density at radius 1 is 1.19 bits per heavy atom. The van der Waals surface area contributed by atoms with E-state index < -0.39 is 13.1 Å². The highest BCUT2D eigenvalue weighted by Gasteiger charge is 2.20. The van der Waals surface area contributed by atoms with Crippen LogP contribution in [0.1, 0.15) is 25.8 Å². The number of halogens is 5. The molecule has 0 unspecified atom stereocenters. The molecule has 0 spiro atoms. The van der Waals surface area contributed by atoms with Gasteiger partial charge in [0.2, 0.25) is 5.90 Å². The van der Waals surface area contributed by atoms with Crippen molar-refractivity contribution >= 4 is 13.2 Å². The first kappa shape index (κ1) is 19.2. The Hall–Kier alpha value is -1.80. The van der Waals surface area contributed by atoms with Gasteiger partial charge in [0.05, 0.1) is 18.8 Å². The lowest BCUT2D eigenvalue weighted by atomic mass is 10.2. The van der Waals surface area contributed by atoms with Crippen molar-refractivity contribution in [3.63, 3.8) is 0 Å². The fourth-order valence-electron chi connectivity index (χ4n) is 1.24. The van der Waals surface area contributed by atoms with Gasteiger partial charge in [0, 0.05) is 0 Å². The van der Waals surface area contributed by atoms with Gasteiger partial charge < -0.3 is 26.7 Å². The standard InChI is InChI=1S/C12H16FNO2.BF4/c1-3-7-16-11-6-5-9(13)8-10(11)12(14)15-4-2;2-1(3,4)5/h5-6,8,14H,3-4,7H2,1-2H3;/q;-1. The summed E-state index contributed by atoms with van der Waals surface area (Å²) in [5.74, 6) is 0.0260. The number of rotatable bonds is 5. The summed E-state index contributed by atoms with van der Waals surface area (Å²) in [5.41, 5.74) is 0.357. The van der Waals surface area contributed by atoms with Crippen LogP contribution in [0.2, 0.25) is 0 Å². The molecular formula is C12H16BF5NO2-. The zero-order valence-corrected chi connectivity index (χ0v) is 11.6. The van der Waals surface area contributed by atoms with E-state index in [4.69, 9.17) is 14.9 Å². The largest absolute Gasteiger partial charge is 0.673 e. The first-order valence-corrected chi connectivity index (χ1v) is 6.20. The summed E-state index contributed by atoms with van der Waals surface area (Å²) in [6, 6.07) is 4.09. The van der Waals surface area contributed by atoms with Crippen LogP contribution in [0.15, 0.2) is 18.2 Å². The van der Waals surface area contributed by atoms with Gasteiger partial charge in [-0.3, -0.25) is 5.41 Å². The van der Waals surface area contributed by atoms with Gasteiger partial charge in [-0.1, -0.05) is 6.92 Å². The maximum atomic E-state index is 13.1. The van der Waals surface area contributed by atoms with E-state index in [1.807, 2.05) is 6.92 Å². The summed E-state index contributed by atoms with van der Waals surface area (Å²) in [4.78, 5) is 0. The molecule has 0 bridgehead atoms. The average Bonchev–Trinajstić information content (AvgIpc) is 2.35. The number of ether oxygens (including phenoxy) is 2. The quantitative estimate of drug-likeness (QED) is 0.382. The lowest BCUT2D eigenvalue weighted by Crippen LogP contribution is -2.08. The summed E-state index contributed by atoms with van der Waals surface area (Å²) in [5, 5.41) is 7.63. The highest BCUT2D eigenvalue weighted by Crippen LogP contribution is 2.21. The summed E-state index contributed by atoms with van der Waals surface area (Å²) in [6.07, 6.45) is 0.860. The first-order valence-electron chi connectivity index (χ1n) is 6.20. The van der Waals surface area contributed by atoms with Crippen LogP contribution in [0.4, 0.5) is 21.7 Å². The van der Waals surface area contributed by atoms with E-state index >= 15 is 0 Å². The van der Waals surface area contributed by atoms with Crippen LogP contribution < -0.4 is 4.74 Å². The molecule has 0 radical (unpaired) electrons. The van der Waals surface area contributed by atoms with Crippen LogP contribution in [-0.4, -0.2) is 26.4 Å². The number of hydrogen-bond acceptors (Lipinski definition) is 3. The Labute approximate surface area is 119 Å².